The number of aromatic nitrogens is 3. The molecular formula is C20H16ClF3N4O2S. The Kier molecular flexibility index (Phi) is 7.24. The average molecular weight is 469 g/mol. The summed E-state index contributed by atoms with van der Waals surface area (Å²) in [5, 5.41) is 12.1. The first-order valence-corrected chi connectivity index (χ1v) is 10.2. The number of alkyl halides is 3. The van der Waals surface area contributed by atoms with Crippen LogP contribution in [0.3, 0.4) is 0 Å². The maximum absolute atomic E-state index is 12.2. The highest BCUT2D eigenvalue weighted by Crippen LogP contribution is 2.26. The van der Waals surface area contributed by atoms with Gasteiger partial charge in [-0.2, -0.15) is 0 Å². The molecule has 1 heterocycles. The van der Waals surface area contributed by atoms with Gasteiger partial charge in [0.25, 0.3) is 0 Å². The van der Waals surface area contributed by atoms with E-state index in [9.17, 15) is 18.0 Å². The van der Waals surface area contributed by atoms with Gasteiger partial charge in [0, 0.05) is 22.8 Å². The molecule has 31 heavy (non-hydrogen) atoms. The van der Waals surface area contributed by atoms with Crippen molar-refractivity contribution >= 4 is 35.0 Å². The van der Waals surface area contributed by atoms with E-state index in [1.54, 1.807) is 18.2 Å². The lowest BCUT2D eigenvalue weighted by Crippen LogP contribution is -2.17. The number of thioether (sulfide) groups is 1. The number of halogens is 4. The number of amides is 1. The Balaban J connectivity index is 1.63. The molecule has 1 aromatic heterocycles. The van der Waals surface area contributed by atoms with Crippen molar-refractivity contribution in [2.24, 2.45) is 0 Å². The van der Waals surface area contributed by atoms with Crippen molar-refractivity contribution in [3.63, 3.8) is 0 Å². The standard InChI is InChI=1S/C20H16ClF3N4O2S/c1-2-11-28-18(13-3-5-14(21)6-4-13)26-27-19(28)31-12-17(29)25-15-7-9-16(10-8-15)30-20(22,23)24/h2-10H,1,11-12H2,(H,25,29). The number of carbonyl (C=O) groups is 1. The Labute approximate surface area is 185 Å². The van der Waals surface area contributed by atoms with Crippen molar-refractivity contribution < 1.29 is 22.7 Å². The summed E-state index contributed by atoms with van der Waals surface area (Å²) in [5.74, 6) is -0.0843. The molecule has 0 aliphatic heterocycles. The Hall–Kier alpha value is -2.98. The van der Waals surface area contributed by atoms with E-state index < -0.39 is 6.36 Å². The van der Waals surface area contributed by atoms with Gasteiger partial charge in [-0.25, -0.2) is 0 Å². The highest BCUT2D eigenvalue weighted by molar-refractivity contribution is 7.99. The molecule has 11 heteroatoms. The number of nitrogens with zero attached hydrogens (tertiary/aromatic N) is 3. The zero-order valence-corrected chi connectivity index (χ0v) is 17.5. The van der Waals surface area contributed by atoms with Gasteiger partial charge in [0.05, 0.1) is 5.75 Å². The third kappa shape index (κ3) is 6.50. The Bertz CT molecular complexity index is 1050. The smallest absolute Gasteiger partial charge is 0.406 e. The van der Waals surface area contributed by atoms with Crippen LogP contribution in [-0.4, -0.2) is 32.8 Å². The predicted molar refractivity (Wildman–Crippen MR) is 113 cm³/mol. The Morgan fingerprint density at radius 1 is 1.16 bits per heavy atom. The molecule has 0 saturated heterocycles. The minimum Gasteiger partial charge on any atom is -0.406 e. The van der Waals surface area contributed by atoms with E-state index in [-0.39, 0.29) is 17.4 Å². The van der Waals surface area contributed by atoms with Crippen LogP contribution in [-0.2, 0) is 11.3 Å². The first-order valence-electron chi connectivity index (χ1n) is 8.83. The van der Waals surface area contributed by atoms with Crippen LogP contribution in [0.4, 0.5) is 18.9 Å². The first kappa shape index (κ1) is 22.7. The van der Waals surface area contributed by atoms with Gasteiger partial charge in [0.15, 0.2) is 11.0 Å². The zero-order chi connectivity index (χ0) is 22.4. The largest absolute Gasteiger partial charge is 0.573 e. The maximum atomic E-state index is 12.2. The van der Waals surface area contributed by atoms with Gasteiger partial charge >= 0.3 is 6.36 Å². The highest BCUT2D eigenvalue weighted by Gasteiger charge is 2.31. The second-order valence-electron chi connectivity index (χ2n) is 6.12. The quantitative estimate of drug-likeness (QED) is 0.353. The van der Waals surface area contributed by atoms with Crippen molar-refractivity contribution in [1.82, 2.24) is 14.8 Å². The minimum atomic E-state index is -4.77. The first-order chi connectivity index (χ1) is 14.7. The molecular weight excluding hydrogens is 453 g/mol. The van der Waals surface area contributed by atoms with E-state index in [2.05, 4.69) is 26.8 Å². The summed E-state index contributed by atoms with van der Waals surface area (Å²) in [6.45, 7) is 4.18. The number of hydrogen-bond donors (Lipinski definition) is 1. The van der Waals surface area contributed by atoms with E-state index in [0.717, 1.165) is 17.7 Å². The Morgan fingerprint density at radius 3 is 2.45 bits per heavy atom. The molecule has 162 valence electrons. The molecule has 0 aliphatic carbocycles. The monoisotopic (exact) mass is 468 g/mol. The van der Waals surface area contributed by atoms with Gasteiger partial charge in [0.1, 0.15) is 5.75 Å². The number of carbonyl (C=O) groups excluding carboxylic acids is 1. The topological polar surface area (TPSA) is 69.0 Å². The second-order valence-corrected chi connectivity index (χ2v) is 7.50. The van der Waals surface area contributed by atoms with Crippen molar-refractivity contribution in [3.8, 4) is 17.1 Å². The maximum Gasteiger partial charge on any atom is 0.573 e. The van der Waals surface area contributed by atoms with Gasteiger partial charge in [-0.1, -0.05) is 29.4 Å². The molecule has 3 rings (SSSR count). The molecule has 0 bridgehead atoms. The van der Waals surface area contributed by atoms with Crippen LogP contribution in [0.5, 0.6) is 5.75 Å². The molecule has 0 atom stereocenters. The van der Waals surface area contributed by atoms with Crippen LogP contribution < -0.4 is 10.1 Å². The number of hydrogen-bond acceptors (Lipinski definition) is 5. The van der Waals surface area contributed by atoms with Crippen LogP contribution >= 0.6 is 23.4 Å². The van der Waals surface area contributed by atoms with Crippen LogP contribution in [0.25, 0.3) is 11.4 Å². The molecule has 0 spiro atoms. The van der Waals surface area contributed by atoms with Crippen molar-refractivity contribution in [2.75, 3.05) is 11.1 Å². The molecule has 0 fully saturated rings. The zero-order valence-electron chi connectivity index (χ0n) is 15.9. The van der Waals surface area contributed by atoms with Gasteiger partial charge in [-0.3, -0.25) is 9.36 Å². The number of rotatable bonds is 8. The molecule has 3 aromatic rings. The minimum absolute atomic E-state index is 0.0245. The van der Waals surface area contributed by atoms with E-state index in [1.807, 2.05) is 16.7 Å². The second kappa shape index (κ2) is 9.88. The van der Waals surface area contributed by atoms with E-state index in [0.29, 0.717) is 28.2 Å². The van der Waals surface area contributed by atoms with Crippen LogP contribution in [0.15, 0.2) is 66.3 Å². The molecule has 6 nitrogen and oxygen atoms in total. The highest BCUT2D eigenvalue weighted by atomic mass is 35.5. The summed E-state index contributed by atoms with van der Waals surface area (Å²) in [5.41, 5.74) is 1.16. The predicted octanol–water partition coefficient (Wildman–Crippen LogP) is 5.41. The third-order valence-electron chi connectivity index (χ3n) is 3.83. The van der Waals surface area contributed by atoms with E-state index >= 15 is 0 Å². The van der Waals surface area contributed by atoms with Crippen molar-refractivity contribution in [3.05, 3.63) is 66.2 Å². The van der Waals surface area contributed by atoms with Crippen LogP contribution in [0, 0.1) is 0 Å². The number of anilines is 1. The number of nitrogens with one attached hydrogen (secondary N) is 1. The van der Waals surface area contributed by atoms with Crippen LogP contribution in [0.2, 0.25) is 5.02 Å². The fourth-order valence-electron chi connectivity index (χ4n) is 2.57. The van der Waals surface area contributed by atoms with Gasteiger partial charge in [0.2, 0.25) is 5.91 Å². The van der Waals surface area contributed by atoms with E-state index in [1.165, 1.54) is 23.9 Å². The summed E-state index contributed by atoms with van der Waals surface area (Å²) in [6.07, 6.45) is -3.08. The summed E-state index contributed by atoms with van der Waals surface area (Å²) in [4.78, 5) is 12.2. The lowest BCUT2D eigenvalue weighted by molar-refractivity contribution is -0.274. The summed E-state index contributed by atoms with van der Waals surface area (Å²) >= 11 is 7.10. The number of benzene rings is 2. The van der Waals surface area contributed by atoms with Gasteiger partial charge in [-0.05, 0) is 48.5 Å². The molecule has 1 amide bonds. The van der Waals surface area contributed by atoms with E-state index in [4.69, 9.17) is 11.6 Å². The van der Waals surface area contributed by atoms with Crippen molar-refractivity contribution in [1.29, 1.82) is 0 Å². The molecule has 0 radical (unpaired) electrons. The fourth-order valence-corrected chi connectivity index (χ4v) is 3.44. The molecule has 0 saturated carbocycles. The Morgan fingerprint density at radius 2 is 1.84 bits per heavy atom. The molecule has 2 aromatic carbocycles. The number of allylic oxidation sites excluding steroid dienone is 1. The lowest BCUT2D eigenvalue weighted by atomic mass is 10.2. The number of ether oxygens (including phenoxy) is 1. The molecule has 1 N–H and O–H groups in total. The SMILES string of the molecule is C=CCn1c(SCC(=O)Nc2ccc(OC(F)(F)F)cc2)nnc1-c1ccc(Cl)cc1. The third-order valence-corrected chi connectivity index (χ3v) is 5.05. The lowest BCUT2D eigenvalue weighted by Gasteiger charge is -2.10. The summed E-state index contributed by atoms with van der Waals surface area (Å²) in [6, 6.07) is 12.0. The fraction of sp³-hybridized carbons (Fsp3) is 0.150. The average Bonchev–Trinajstić information content (AvgIpc) is 3.10. The van der Waals surface area contributed by atoms with Crippen LogP contribution in [0.1, 0.15) is 0 Å². The van der Waals surface area contributed by atoms with Gasteiger partial charge in [-0.15, -0.1) is 29.9 Å². The van der Waals surface area contributed by atoms with Crippen molar-refractivity contribution in [2.45, 2.75) is 18.1 Å². The molecule has 0 unspecified atom stereocenters. The summed E-state index contributed by atoms with van der Waals surface area (Å²) in [7, 11) is 0. The summed E-state index contributed by atoms with van der Waals surface area (Å²) < 4.78 is 42.2. The normalized spacial score (nSPS) is 11.2. The van der Waals surface area contributed by atoms with Gasteiger partial charge < -0.3 is 10.1 Å². The molecule has 0 aliphatic rings.